The Morgan fingerprint density at radius 2 is 2.12 bits per heavy atom. The van der Waals surface area contributed by atoms with E-state index in [1.807, 2.05) is 29.2 Å². The predicted octanol–water partition coefficient (Wildman–Crippen LogP) is 1.16. The molecule has 126 valence electrons. The molecule has 0 bridgehead atoms. The smallest absolute Gasteiger partial charge is 0.265 e. The standard InChI is InChI=1S/C16H18N4O3S/c21-16(19-5-7-22-8-6-19)15-11-20(10-12-9-17-18-24-12)13-3-1-2-4-14(13)23-15/h1-4,9,15H,5-8,10-11H2. The van der Waals surface area contributed by atoms with Crippen LogP contribution in [0.25, 0.3) is 0 Å². The molecular weight excluding hydrogens is 328 g/mol. The number of anilines is 1. The Hall–Kier alpha value is -2.19. The van der Waals surface area contributed by atoms with Gasteiger partial charge >= 0.3 is 0 Å². The normalized spacial score (nSPS) is 20.4. The minimum Gasteiger partial charge on any atom is -0.477 e. The Kier molecular flexibility index (Phi) is 4.31. The minimum atomic E-state index is -0.501. The first-order chi connectivity index (χ1) is 11.8. The molecule has 0 radical (unpaired) electrons. The van der Waals surface area contributed by atoms with Gasteiger partial charge in [0.2, 0.25) is 0 Å². The number of morpholine rings is 1. The van der Waals surface area contributed by atoms with Crippen molar-refractivity contribution in [2.24, 2.45) is 0 Å². The summed E-state index contributed by atoms with van der Waals surface area (Å²) in [7, 11) is 0. The molecule has 0 spiro atoms. The van der Waals surface area contributed by atoms with E-state index in [0.29, 0.717) is 39.4 Å². The maximum atomic E-state index is 12.8. The monoisotopic (exact) mass is 346 g/mol. The molecule has 1 unspecified atom stereocenters. The number of amides is 1. The van der Waals surface area contributed by atoms with Gasteiger partial charge in [0.15, 0.2) is 6.10 Å². The van der Waals surface area contributed by atoms with Gasteiger partial charge in [0.05, 0.1) is 43.1 Å². The van der Waals surface area contributed by atoms with E-state index in [1.54, 1.807) is 6.20 Å². The van der Waals surface area contributed by atoms with Crippen LogP contribution in [0.5, 0.6) is 5.75 Å². The molecule has 2 aliphatic rings. The summed E-state index contributed by atoms with van der Waals surface area (Å²) in [6.45, 7) is 3.62. The summed E-state index contributed by atoms with van der Waals surface area (Å²) in [4.78, 5) is 17.9. The second-order valence-corrected chi connectivity index (χ2v) is 6.65. The molecule has 7 nitrogen and oxygen atoms in total. The average molecular weight is 346 g/mol. The van der Waals surface area contributed by atoms with E-state index in [9.17, 15) is 4.79 Å². The third kappa shape index (κ3) is 3.07. The molecule has 24 heavy (non-hydrogen) atoms. The molecule has 3 heterocycles. The zero-order valence-electron chi connectivity index (χ0n) is 13.1. The first-order valence-electron chi connectivity index (χ1n) is 7.94. The van der Waals surface area contributed by atoms with E-state index in [4.69, 9.17) is 9.47 Å². The van der Waals surface area contributed by atoms with Crippen LogP contribution in [-0.2, 0) is 16.1 Å². The topological polar surface area (TPSA) is 67.8 Å². The molecule has 4 rings (SSSR count). The molecular formula is C16H18N4O3S. The van der Waals surface area contributed by atoms with Gasteiger partial charge in [0.1, 0.15) is 5.75 Å². The van der Waals surface area contributed by atoms with Crippen LogP contribution in [0.3, 0.4) is 0 Å². The number of aromatic nitrogens is 2. The maximum absolute atomic E-state index is 12.8. The number of hydrogen-bond donors (Lipinski definition) is 0. The SMILES string of the molecule is O=C(C1CN(Cc2cnns2)c2ccccc2O1)N1CCOCC1. The van der Waals surface area contributed by atoms with E-state index >= 15 is 0 Å². The number of carbonyl (C=O) groups excluding carboxylic acids is 1. The number of fused-ring (bicyclic) bond motifs is 1. The largest absolute Gasteiger partial charge is 0.477 e. The number of nitrogens with zero attached hydrogens (tertiary/aromatic N) is 4. The summed E-state index contributed by atoms with van der Waals surface area (Å²) >= 11 is 1.37. The second kappa shape index (κ2) is 6.74. The summed E-state index contributed by atoms with van der Waals surface area (Å²) in [5, 5.41) is 3.89. The Bertz CT molecular complexity index is 703. The van der Waals surface area contributed by atoms with Crippen molar-refractivity contribution in [3.8, 4) is 5.75 Å². The molecule has 1 atom stereocenters. The fraction of sp³-hybridized carbons (Fsp3) is 0.438. The van der Waals surface area contributed by atoms with E-state index in [0.717, 1.165) is 16.3 Å². The van der Waals surface area contributed by atoms with Gasteiger partial charge in [-0.25, -0.2) is 0 Å². The van der Waals surface area contributed by atoms with Gasteiger partial charge in [-0.1, -0.05) is 16.6 Å². The van der Waals surface area contributed by atoms with E-state index in [1.165, 1.54) is 11.5 Å². The van der Waals surface area contributed by atoms with Crippen molar-refractivity contribution in [1.29, 1.82) is 0 Å². The highest BCUT2D eigenvalue weighted by molar-refractivity contribution is 7.05. The summed E-state index contributed by atoms with van der Waals surface area (Å²) < 4.78 is 15.2. The van der Waals surface area contributed by atoms with Crippen molar-refractivity contribution in [3.05, 3.63) is 35.3 Å². The van der Waals surface area contributed by atoms with E-state index in [-0.39, 0.29) is 5.91 Å². The Labute approximate surface area is 143 Å². The number of ether oxygens (including phenoxy) is 2. The highest BCUT2D eigenvalue weighted by Gasteiger charge is 2.34. The molecule has 1 aromatic carbocycles. The van der Waals surface area contributed by atoms with Gasteiger partial charge in [-0.2, -0.15) is 0 Å². The van der Waals surface area contributed by atoms with Crippen LogP contribution in [0.1, 0.15) is 4.88 Å². The van der Waals surface area contributed by atoms with Gasteiger partial charge in [0, 0.05) is 13.1 Å². The van der Waals surface area contributed by atoms with Crippen LogP contribution in [-0.4, -0.2) is 59.3 Å². The maximum Gasteiger partial charge on any atom is 0.265 e. The Morgan fingerprint density at radius 3 is 2.92 bits per heavy atom. The molecule has 1 saturated heterocycles. The van der Waals surface area contributed by atoms with Crippen molar-refractivity contribution < 1.29 is 14.3 Å². The van der Waals surface area contributed by atoms with E-state index in [2.05, 4.69) is 14.5 Å². The summed E-state index contributed by atoms with van der Waals surface area (Å²) in [5.74, 6) is 0.771. The molecule has 1 aromatic heterocycles. The molecule has 8 heteroatoms. The first-order valence-corrected chi connectivity index (χ1v) is 8.72. The predicted molar refractivity (Wildman–Crippen MR) is 89.2 cm³/mol. The fourth-order valence-electron chi connectivity index (χ4n) is 3.02. The zero-order valence-corrected chi connectivity index (χ0v) is 13.9. The fourth-order valence-corrected chi connectivity index (χ4v) is 3.53. The average Bonchev–Trinajstić information content (AvgIpc) is 3.15. The lowest BCUT2D eigenvalue weighted by Crippen LogP contribution is -2.52. The molecule has 0 saturated carbocycles. The van der Waals surface area contributed by atoms with Crippen LogP contribution >= 0.6 is 11.5 Å². The number of para-hydroxylation sites is 2. The van der Waals surface area contributed by atoms with Crippen LogP contribution in [0.15, 0.2) is 30.5 Å². The van der Waals surface area contributed by atoms with Crippen molar-refractivity contribution >= 4 is 23.1 Å². The van der Waals surface area contributed by atoms with Crippen molar-refractivity contribution in [3.63, 3.8) is 0 Å². The second-order valence-electron chi connectivity index (χ2n) is 5.78. The molecule has 1 amide bonds. The first kappa shape index (κ1) is 15.3. The zero-order chi connectivity index (χ0) is 16.4. The highest BCUT2D eigenvalue weighted by atomic mass is 32.1. The minimum absolute atomic E-state index is 0.0280. The quantitative estimate of drug-likeness (QED) is 0.831. The molecule has 0 N–H and O–H groups in total. The van der Waals surface area contributed by atoms with E-state index < -0.39 is 6.10 Å². The summed E-state index contributed by atoms with van der Waals surface area (Å²) in [5.41, 5.74) is 0.997. The third-order valence-electron chi connectivity index (χ3n) is 4.21. The number of rotatable bonds is 3. The summed E-state index contributed by atoms with van der Waals surface area (Å²) in [6, 6.07) is 7.82. The lowest BCUT2D eigenvalue weighted by molar-refractivity contribution is -0.142. The van der Waals surface area contributed by atoms with Gasteiger partial charge in [-0.05, 0) is 23.7 Å². The van der Waals surface area contributed by atoms with Crippen molar-refractivity contribution in [2.45, 2.75) is 12.6 Å². The number of carbonyl (C=O) groups is 1. The molecule has 1 fully saturated rings. The molecule has 2 aromatic rings. The number of hydrogen-bond acceptors (Lipinski definition) is 7. The van der Waals surface area contributed by atoms with Gasteiger partial charge < -0.3 is 19.3 Å². The Morgan fingerprint density at radius 1 is 1.29 bits per heavy atom. The molecule has 2 aliphatic heterocycles. The van der Waals surface area contributed by atoms with Crippen LogP contribution in [0.4, 0.5) is 5.69 Å². The number of benzene rings is 1. The Balaban J connectivity index is 1.56. The van der Waals surface area contributed by atoms with Crippen LogP contribution < -0.4 is 9.64 Å². The van der Waals surface area contributed by atoms with Crippen molar-refractivity contribution in [2.75, 3.05) is 37.7 Å². The lowest BCUT2D eigenvalue weighted by atomic mass is 10.1. The van der Waals surface area contributed by atoms with Crippen LogP contribution in [0.2, 0.25) is 0 Å². The molecule has 0 aliphatic carbocycles. The highest BCUT2D eigenvalue weighted by Crippen LogP contribution is 2.34. The van der Waals surface area contributed by atoms with Crippen LogP contribution in [0, 0.1) is 0 Å². The van der Waals surface area contributed by atoms with Crippen molar-refractivity contribution in [1.82, 2.24) is 14.5 Å². The van der Waals surface area contributed by atoms with Gasteiger partial charge in [0.25, 0.3) is 5.91 Å². The summed E-state index contributed by atoms with van der Waals surface area (Å²) in [6.07, 6.45) is 1.26. The van der Waals surface area contributed by atoms with Gasteiger partial charge in [-0.3, -0.25) is 4.79 Å². The van der Waals surface area contributed by atoms with Gasteiger partial charge in [-0.15, -0.1) is 5.10 Å². The third-order valence-corrected chi connectivity index (χ3v) is 4.86. The lowest BCUT2D eigenvalue weighted by Gasteiger charge is -2.38.